The van der Waals surface area contributed by atoms with Crippen LogP contribution in [0, 0.1) is 12.7 Å². The monoisotopic (exact) mass is 365 g/mol. The number of hydrogen-bond donors (Lipinski definition) is 1. The quantitative estimate of drug-likeness (QED) is 0.872. The molecule has 0 radical (unpaired) electrons. The molecular weight excluding hydrogens is 349 g/mol. The van der Waals surface area contributed by atoms with Gasteiger partial charge in [-0.3, -0.25) is 4.79 Å². The fourth-order valence-corrected chi connectivity index (χ4v) is 2.61. The molecule has 0 heterocycles. The van der Waals surface area contributed by atoms with E-state index in [1.807, 2.05) is 25.1 Å². The molecule has 0 aromatic heterocycles. The fourth-order valence-electron chi connectivity index (χ4n) is 2.18. The van der Waals surface area contributed by atoms with Crippen molar-refractivity contribution in [2.75, 3.05) is 13.7 Å². The smallest absolute Gasteiger partial charge is 0.252 e. The molecule has 0 bridgehead atoms. The van der Waals surface area contributed by atoms with E-state index in [0.29, 0.717) is 17.4 Å². The van der Waals surface area contributed by atoms with E-state index in [9.17, 15) is 9.18 Å². The van der Waals surface area contributed by atoms with Crippen LogP contribution in [-0.4, -0.2) is 19.6 Å². The normalized spacial score (nSPS) is 10.4. The molecule has 1 amide bonds. The van der Waals surface area contributed by atoms with Gasteiger partial charge in [0.05, 0.1) is 12.7 Å². The largest absolute Gasteiger partial charge is 0.496 e. The second-order valence-corrected chi connectivity index (χ2v) is 5.80. The molecule has 0 aliphatic rings. The number of carbonyl (C=O) groups is 1. The molecular formula is C17H17BrFNO2. The van der Waals surface area contributed by atoms with Crippen LogP contribution in [0.4, 0.5) is 4.39 Å². The highest BCUT2D eigenvalue weighted by atomic mass is 79.9. The second kappa shape index (κ2) is 7.40. The van der Waals surface area contributed by atoms with E-state index in [1.165, 1.54) is 18.2 Å². The topological polar surface area (TPSA) is 38.3 Å². The molecule has 2 aromatic carbocycles. The Labute approximate surface area is 137 Å². The zero-order valence-corrected chi connectivity index (χ0v) is 14.0. The van der Waals surface area contributed by atoms with Crippen LogP contribution in [0.5, 0.6) is 5.75 Å². The maximum absolute atomic E-state index is 13.2. The molecule has 0 spiro atoms. The van der Waals surface area contributed by atoms with Crippen LogP contribution in [0.25, 0.3) is 0 Å². The number of amides is 1. The standard InChI is InChI=1S/C17H17BrFNO2/c1-11-3-6-16(22-2)12(9-11)7-8-20-17(21)14-10-13(19)4-5-15(14)18/h3-6,9-10H,7-8H2,1-2H3,(H,20,21). The van der Waals surface area contributed by atoms with Gasteiger partial charge in [-0.25, -0.2) is 4.39 Å². The molecule has 0 saturated carbocycles. The molecule has 2 rings (SSSR count). The molecule has 2 aromatic rings. The van der Waals surface area contributed by atoms with Crippen molar-refractivity contribution in [1.29, 1.82) is 0 Å². The first-order chi connectivity index (χ1) is 10.5. The summed E-state index contributed by atoms with van der Waals surface area (Å²) in [7, 11) is 1.62. The van der Waals surface area contributed by atoms with E-state index in [2.05, 4.69) is 21.2 Å². The Bertz CT molecular complexity index is 688. The van der Waals surface area contributed by atoms with Gasteiger partial charge in [0.2, 0.25) is 0 Å². The highest BCUT2D eigenvalue weighted by Crippen LogP contribution is 2.20. The molecule has 5 heteroatoms. The first-order valence-electron chi connectivity index (χ1n) is 6.88. The molecule has 0 unspecified atom stereocenters. The Kier molecular flexibility index (Phi) is 5.55. The van der Waals surface area contributed by atoms with Crippen LogP contribution in [0.15, 0.2) is 40.9 Å². The number of carbonyl (C=O) groups excluding carboxylic acids is 1. The van der Waals surface area contributed by atoms with Crippen LogP contribution in [0.1, 0.15) is 21.5 Å². The third-order valence-corrected chi connectivity index (χ3v) is 3.98. The highest BCUT2D eigenvalue weighted by molar-refractivity contribution is 9.10. The van der Waals surface area contributed by atoms with Crippen molar-refractivity contribution >= 4 is 21.8 Å². The molecule has 0 fully saturated rings. The molecule has 1 N–H and O–H groups in total. The van der Waals surface area contributed by atoms with E-state index in [-0.39, 0.29) is 11.5 Å². The summed E-state index contributed by atoms with van der Waals surface area (Å²) in [6.07, 6.45) is 0.642. The maximum atomic E-state index is 13.2. The van der Waals surface area contributed by atoms with E-state index < -0.39 is 5.82 Å². The average molecular weight is 366 g/mol. The minimum absolute atomic E-state index is 0.288. The van der Waals surface area contributed by atoms with Gasteiger partial charge in [0.1, 0.15) is 11.6 Å². The number of benzene rings is 2. The van der Waals surface area contributed by atoms with Crippen molar-refractivity contribution in [3.05, 3.63) is 63.4 Å². The number of aryl methyl sites for hydroxylation is 1. The summed E-state index contributed by atoms with van der Waals surface area (Å²) in [5.74, 6) is 0.0542. The van der Waals surface area contributed by atoms with Crippen LogP contribution < -0.4 is 10.1 Å². The Balaban J connectivity index is 2.00. The lowest BCUT2D eigenvalue weighted by molar-refractivity contribution is 0.0953. The number of rotatable bonds is 5. The number of methoxy groups -OCH3 is 1. The minimum Gasteiger partial charge on any atom is -0.496 e. The lowest BCUT2D eigenvalue weighted by atomic mass is 10.1. The number of halogens is 2. The lowest BCUT2D eigenvalue weighted by Crippen LogP contribution is -2.26. The Morgan fingerprint density at radius 1 is 1.27 bits per heavy atom. The van der Waals surface area contributed by atoms with Crippen LogP contribution in [0.2, 0.25) is 0 Å². The van der Waals surface area contributed by atoms with Gasteiger partial charge in [0.15, 0.2) is 0 Å². The summed E-state index contributed by atoms with van der Waals surface area (Å²) in [6, 6.07) is 9.96. The number of hydrogen-bond acceptors (Lipinski definition) is 2. The van der Waals surface area contributed by atoms with Gasteiger partial charge in [-0.1, -0.05) is 17.7 Å². The Hall–Kier alpha value is -1.88. The van der Waals surface area contributed by atoms with Gasteiger partial charge in [-0.15, -0.1) is 0 Å². The van der Waals surface area contributed by atoms with Gasteiger partial charge < -0.3 is 10.1 Å². The first-order valence-corrected chi connectivity index (χ1v) is 7.67. The van der Waals surface area contributed by atoms with Crippen LogP contribution in [-0.2, 0) is 6.42 Å². The summed E-state index contributed by atoms with van der Waals surface area (Å²) in [5, 5.41) is 2.80. The maximum Gasteiger partial charge on any atom is 0.252 e. The Morgan fingerprint density at radius 3 is 2.77 bits per heavy atom. The number of ether oxygens (including phenoxy) is 1. The number of nitrogens with one attached hydrogen (secondary N) is 1. The van der Waals surface area contributed by atoms with E-state index in [1.54, 1.807) is 7.11 Å². The SMILES string of the molecule is COc1ccc(C)cc1CCNC(=O)c1cc(F)ccc1Br. The minimum atomic E-state index is -0.436. The van der Waals surface area contributed by atoms with Gasteiger partial charge in [-0.05, 0) is 59.1 Å². The predicted molar refractivity (Wildman–Crippen MR) is 87.9 cm³/mol. The molecule has 22 heavy (non-hydrogen) atoms. The van der Waals surface area contributed by atoms with Crippen molar-refractivity contribution in [3.8, 4) is 5.75 Å². The van der Waals surface area contributed by atoms with Crippen molar-refractivity contribution in [3.63, 3.8) is 0 Å². The lowest BCUT2D eigenvalue weighted by Gasteiger charge is -2.11. The summed E-state index contributed by atoms with van der Waals surface area (Å²) < 4.78 is 19.1. The third kappa shape index (κ3) is 4.07. The zero-order chi connectivity index (χ0) is 16.1. The highest BCUT2D eigenvalue weighted by Gasteiger charge is 2.11. The molecule has 0 atom stereocenters. The van der Waals surface area contributed by atoms with Gasteiger partial charge >= 0.3 is 0 Å². The molecule has 0 aliphatic carbocycles. The van der Waals surface area contributed by atoms with Gasteiger partial charge in [0.25, 0.3) is 5.91 Å². The average Bonchev–Trinajstić information content (AvgIpc) is 2.50. The van der Waals surface area contributed by atoms with Gasteiger partial charge in [0, 0.05) is 11.0 Å². The summed E-state index contributed by atoms with van der Waals surface area (Å²) in [6.45, 7) is 2.45. The van der Waals surface area contributed by atoms with Crippen molar-refractivity contribution in [1.82, 2.24) is 5.32 Å². The van der Waals surface area contributed by atoms with E-state index >= 15 is 0 Å². The molecule has 116 valence electrons. The molecule has 0 saturated heterocycles. The van der Waals surface area contributed by atoms with Crippen LogP contribution in [0.3, 0.4) is 0 Å². The summed E-state index contributed by atoms with van der Waals surface area (Å²) in [4.78, 5) is 12.1. The first kappa shape index (κ1) is 16.5. The summed E-state index contributed by atoms with van der Waals surface area (Å²) >= 11 is 3.25. The molecule has 3 nitrogen and oxygen atoms in total. The summed E-state index contributed by atoms with van der Waals surface area (Å²) in [5.41, 5.74) is 2.45. The Morgan fingerprint density at radius 2 is 2.05 bits per heavy atom. The zero-order valence-electron chi connectivity index (χ0n) is 12.5. The van der Waals surface area contributed by atoms with Crippen molar-refractivity contribution in [2.24, 2.45) is 0 Å². The van der Waals surface area contributed by atoms with Crippen molar-refractivity contribution < 1.29 is 13.9 Å². The van der Waals surface area contributed by atoms with E-state index in [0.717, 1.165) is 16.9 Å². The van der Waals surface area contributed by atoms with Crippen molar-refractivity contribution in [2.45, 2.75) is 13.3 Å². The molecule has 0 aliphatic heterocycles. The predicted octanol–water partition coefficient (Wildman–Crippen LogP) is 3.88. The van der Waals surface area contributed by atoms with Gasteiger partial charge in [-0.2, -0.15) is 0 Å². The van der Waals surface area contributed by atoms with E-state index in [4.69, 9.17) is 4.74 Å². The third-order valence-electron chi connectivity index (χ3n) is 3.29. The fraction of sp³-hybridized carbons (Fsp3) is 0.235. The second-order valence-electron chi connectivity index (χ2n) is 4.95. The van der Waals surface area contributed by atoms with Crippen LogP contribution >= 0.6 is 15.9 Å².